The lowest BCUT2D eigenvalue weighted by Crippen LogP contribution is -2.43. The Morgan fingerprint density at radius 1 is 1.07 bits per heavy atom. The fourth-order valence-corrected chi connectivity index (χ4v) is 3.15. The Labute approximate surface area is 85.5 Å². The van der Waals surface area contributed by atoms with E-state index in [2.05, 4.69) is 35.6 Å². The summed E-state index contributed by atoms with van der Waals surface area (Å²) in [5.41, 5.74) is 1.84. The monoisotopic (exact) mass is 187 g/mol. The van der Waals surface area contributed by atoms with Crippen molar-refractivity contribution in [2.24, 2.45) is 0 Å². The number of fused-ring (bicyclic) bond motifs is 2. The predicted octanol–water partition coefficient (Wildman–Crippen LogP) is 2.82. The third-order valence-corrected chi connectivity index (χ3v) is 3.88. The minimum Gasteiger partial charge on any atom is -0.305 e. The van der Waals surface area contributed by atoms with E-state index in [0.29, 0.717) is 5.54 Å². The molecular formula is C13H17N. The normalized spacial score (nSPS) is 35.9. The Bertz CT molecular complexity index is 315. The molecule has 0 spiro atoms. The first-order valence-electron chi connectivity index (χ1n) is 5.72. The van der Waals surface area contributed by atoms with Crippen molar-refractivity contribution < 1.29 is 0 Å². The largest absolute Gasteiger partial charge is 0.305 e. The molecule has 1 aromatic carbocycles. The van der Waals surface area contributed by atoms with Gasteiger partial charge in [-0.05, 0) is 37.7 Å². The van der Waals surface area contributed by atoms with Gasteiger partial charge >= 0.3 is 0 Å². The van der Waals surface area contributed by atoms with Crippen LogP contribution in [-0.2, 0) is 5.54 Å². The molecular weight excluding hydrogens is 170 g/mol. The second-order valence-corrected chi connectivity index (χ2v) is 4.72. The van der Waals surface area contributed by atoms with Gasteiger partial charge in [-0.2, -0.15) is 0 Å². The molecule has 74 valence electrons. The van der Waals surface area contributed by atoms with Gasteiger partial charge in [-0.15, -0.1) is 0 Å². The molecule has 0 radical (unpaired) electrons. The Morgan fingerprint density at radius 3 is 2.79 bits per heavy atom. The van der Waals surface area contributed by atoms with E-state index in [9.17, 15) is 0 Å². The third-order valence-electron chi connectivity index (χ3n) is 3.88. The first-order valence-corrected chi connectivity index (χ1v) is 5.72. The van der Waals surface area contributed by atoms with Crippen LogP contribution < -0.4 is 5.32 Å². The summed E-state index contributed by atoms with van der Waals surface area (Å²) in [7, 11) is 0. The maximum Gasteiger partial charge on any atom is 0.0437 e. The van der Waals surface area contributed by atoms with Gasteiger partial charge in [0, 0.05) is 11.6 Å². The van der Waals surface area contributed by atoms with Crippen LogP contribution in [0.2, 0.25) is 0 Å². The molecule has 0 amide bonds. The van der Waals surface area contributed by atoms with Gasteiger partial charge in [0.15, 0.2) is 0 Å². The van der Waals surface area contributed by atoms with Gasteiger partial charge in [-0.1, -0.05) is 30.3 Å². The maximum absolute atomic E-state index is 3.82. The molecule has 0 aliphatic carbocycles. The minimum absolute atomic E-state index is 0.337. The summed E-state index contributed by atoms with van der Waals surface area (Å²) in [5.74, 6) is 0. The molecule has 2 atom stereocenters. The Balaban J connectivity index is 1.97. The molecule has 1 heteroatoms. The average Bonchev–Trinajstić information content (AvgIpc) is 2.57. The van der Waals surface area contributed by atoms with Crippen LogP contribution in [0.3, 0.4) is 0 Å². The molecule has 2 bridgehead atoms. The van der Waals surface area contributed by atoms with Crippen molar-refractivity contribution in [2.45, 2.75) is 43.7 Å². The van der Waals surface area contributed by atoms with Crippen LogP contribution in [0.15, 0.2) is 30.3 Å². The summed E-state index contributed by atoms with van der Waals surface area (Å²) in [4.78, 5) is 0. The van der Waals surface area contributed by atoms with Crippen molar-refractivity contribution in [3.05, 3.63) is 35.9 Å². The van der Waals surface area contributed by atoms with E-state index in [1.807, 2.05) is 0 Å². The fourth-order valence-electron chi connectivity index (χ4n) is 3.15. The first kappa shape index (κ1) is 8.49. The van der Waals surface area contributed by atoms with Crippen molar-refractivity contribution in [1.29, 1.82) is 0 Å². The molecule has 0 unspecified atom stereocenters. The quantitative estimate of drug-likeness (QED) is 0.713. The highest BCUT2D eigenvalue weighted by atomic mass is 15.1. The van der Waals surface area contributed by atoms with Crippen LogP contribution >= 0.6 is 0 Å². The number of hydrogen-bond donors (Lipinski definition) is 1. The molecule has 2 aliphatic rings. The molecule has 2 heterocycles. The van der Waals surface area contributed by atoms with E-state index in [0.717, 1.165) is 6.04 Å². The second-order valence-electron chi connectivity index (χ2n) is 4.72. The second kappa shape index (κ2) is 3.09. The summed E-state index contributed by atoms with van der Waals surface area (Å²) in [6, 6.07) is 11.8. The summed E-state index contributed by atoms with van der Waals surface area (Å²) >= 11 is 0. The summed E-state index contributed by atoms with van der Waals surface area (Å²) in [5, 5.41) is 3.82. The number of rotatable bonds is 1. The molecule has 3 rings (SSSR count). The predicted molar refractivity (Wildman–Crippen MR) is 58.1 cm³/mol. The third kappa shape index (κ3) is 1.19. The highest BCUT2D eigenvalue weighted by Gasteiger charge is 2.42. The Kier molecular flexibility index (Phi) is 1.88. The van der Waals surface area contributed by atoms with Gasteiger partial charge in [0.05, 0.1) is 0 Å². The van der Waals surface area contributed by atoms with E-state index >= 15 is 0 Å². The molecule has 2 aliphatic heterocycles. The van der Waals surface area contributed by atoms with Crippen LogP contribution in [0, 0.1) is 0 Å². The maximum atomic E-state index is 3.82. The molecule has 0 aromatic heterocycles. The van der Waals surface area contributed by atoms with Crippen LogP contribution in [0.5, 0.6) is 0 Å². The van der Waals surface area contributed by atoms with Crippen LogP contribution in [0.4, 0.5) is 0 Å². The van der Waals surface area contributed by atoms with Gasteiger partial charge in [-0.3, -0.25) is 0 Å². The van der Waals surface area contributed by atoms with Crippen molar-refractivity contribution >= 4 is 0 Å². The molecule has 0 saturated carbocycles. The zero-order chi connectivity index (χ0) is 9.43. The van der Waals surface area contributed by atoms with Crippen molar-refractivity contribution in [3.63, 3.8) is 0 Å². The number of hydrogen-bond acceptors (Lipinski definition) is 1. The highest BCUT2D eigenvalue weighted by Crippen LogP contribution is 2.42. The van der Waals surface area contributed by atoms with Gasteiger partial charge < -0.3 is 5.32 Å². The van der Waals surface area contributed by atoms with Crippen LogP contribution in [-0.4, -0.2) is 6.04 Å². The van der Waals surface area contributed by atoms with Gasteiger partial charge in [0.2, 0.25) is 0 Å². The van der Waals surface area contributed by atoms with E-state index in [1.54, 1.807) is 0 Å². The van der Waals surface area contributed by atoms with Crippen molar-refractivity contribution in [1.82, 2.24) is 5.32 Å². The Hall–Kier alpha value is -0.820. The van der Waals surface area contributed by atoms with Gasteiger partial charge in [0.25, 0.3) is 0 Å². The SMILES string of the molecule is c1ccc([C@]23CCC[C@H](CC2)N3)cc1. The first-order chi connectivity index (χ1) is 6.89. The fraction of sp³-hybridized carbons (Fsp3) is 0.538. The standard InChI is InChI=1S/C13H17N/c1-2-5-11(6-3-1)13-9-4-7-12(14-13)8-10-13/h1-3,5-6,12,14H,4,7-10H2/t12-,13+/m1/s1. The zero-order valence-electron chi connectivity index (χ0n) is 8.50. The average molecular weight is 187 g/mol. The van der Waals surface area contributed by atoms with Crippen molar-refractivity contribution in [2.75, 3.05) is 0 Å². The Morgan fingerprint density at radius 2 is 1.93 bits per heavy atom. The highest BCUT2D eigenvalue weighted by molar-refractivity contribution is 5.27. The van der Waals surface area contributed by atoms with E-state index in [1.165, 1.54) is 37.7 Å². The molecule has 14 heavy (non-hydrogen) atoms. The minimum atomic E-state index is 0.337. The van der Waals surface area contributed by atoms with E-state index in [4.69, 9.17) is 0 Å². The van der Waals surface area contributed by atoms with Crippen LogP contribution in [0.1, 0.15) is 37.7 Å². The van der Waals surface area contributed by atoms with E-state index in [-0.39, 0.29) is 0 Å². The zero-order valence-corrected chi connectivity index (χ0v) is 8.50. The number of benzene rings is 1. The number of nitrogens with one attached hydrogen (secondary N) is 1. The lowest BCUT2D eigenvalue weighted by atomic mass is 9.83. The molecule has 2 saturated heterocycles. The topological polar surface area (TPSA) is 12.0 Å². The molecule has 1 aromatic rings. The molecule has 1 nitrogen and oxygen atoms in total. The van der Waals surface area contributed by atoms with E-state index < -0.39 is 0 Å². The lowest BCUT2D eigenvalue weighted by Gasteiger charge is -2.35. The molecule has 2 fully saturated rings. The van der Waals surface area contributed by atoms with Gasteiger partial charge in [-0.25, -0.2) is 0 Å². The summed E-state index contributed by atoms with van der Waals surface area (Å²) in [6.07, 6.45) is 6.81. The lowest BCUT2D eigenvalue weighted by molar-refractivity contribution is 0.280. The smallest absolute Gasteiger partial charge is 0.0437 e. The van der Waals surface area contributed by atoms with Crippen LogP contribution in [0.25, 0.3) is 0 Å². The molecule has 1 N–H and O–H groups in total. The summed E-state index contributed by atoms with van der Waals surface area (Å²) in [6.45, 7) is 0. The summed E-state index contributed by atoms with van der Waals surface area (Å²) < 4.78 is 0. The number of piperidine rings is 1. The van der Waals surface area contributed by atoms with Crippen molar-refractivity contribution in [3.8, 4) is 0 Å². The van der Waals surface area contributed by atoms with Gasteiger partial charge in [0.1, 0.15) is 0 Å².